The highest BCUT2D eigenvalue weighted by molar-refractivity contribution is 9.10. The molecule has 0 saturated heterocycles. The third kappa shape index (κ3) is 5.89. The van der Waals surface area contributed by atoms with Crippen molar-refractivity contribution < 1.29 is 14.3 Å². The molecule has 0 aliphatic heterocycles. The number of rotatable bonds is 5. The number of nitrogens with one attached hydrogen (secondary N) is 2. The van der Waals surface area contributed by atoms with Gasteiger partial charge in [-0.2, -0.15) is 0 Å². The van der Waals surface area contributed by atoms with Gasteiger partial charge in [0.2, 0.25) is 0 Å². The van der Waals surface area contributed by atoms with E-state index >= 15 is 0 Å². The molecule has 5 nitrogen and oxygen atoms in total. The number of anilines is 1. The van der Waals surface area contributed by atoms with Gasteiger partial charge in [-0.1, -0.05) is 22.4 Å². The SMILES string of the molecule is COc1cc(Br)cc(NC2CCCC2CNC(=O)OC(C)(C)C)c1. The van der Waals surface area contributed by atoms with E-state index in [0.29, 0.717) is 18.5 Å². The Kier molecular flexibility index (Phi) is 6.38. The second kappa shape index (κ2) is 8.10. The van der Waals surface area contributed by atoms with Crippen LogP contribution in [-0.2, 0) is 4.74 Å². The Morgan fingerprint density at radius 1 is 1.29 bits per heavy atom. The topological polar surface area (TPSA) is 59.6 Å². The summed E-state index contributed by atoms with van der Waals surface area (Å²) in [5, 5.41) is 6.47. The average Bonchev–Trinajstić information content (AvgIpc) is 2.90. The predicted octanol–water partition coefficient (Wildman–Crippen LogP) is 4.56. The average molecular weight is 399 g/mol. The van der Waals surface area contributed by atoms with Crippen molar-refractivity contribution in [1.29, 1.82) is 0 Å². The summed E-state index contributed by atoms with van der Waals surface area (Å²) < 4.78 is 11.6. The first-order valence-corrected chi connectivity index (χ1v) is 9.14. The first-order chi connectivity index (χ1) is 11.3. The molecular weight excluding hydrogens is 372 g/mol. The van der Waals surface area contributed by atoms with E-state index in [1.165, 1.54) is 0 Å². The van der Waals surface area contributed by atoms with Gasteiger partial charge in [0.1, 0.15) is 11.4 Å². The summed E-state index contributed by atoms with van der Waals surface area (Å²) >= 11 is 3.50. The predicted molar refractivity (Wildman–Crippen MR) is 99.7 cm³/mol. The third-order valence-electron chi connectivity index (χ3n) is 4.03. The maximum Gasteiger partial charge on any atom is 0.407 e. The van der Waals surface area contributed by atoms with Crippen LogP contribution in [0.2, 0.25) is 0 Å². The largest absolute Gasteiger partial charge is 0.497 e. The number of ether oxygens (including phenoxy) is 2. The minimum atomic E-state index is -0.468. The highest BCUT2D eigenvalue weighted by Crippen LogP contribution is 2.31. The summed E-state index contributed by atoms with van der Waals surface area (Å²) in [5.41, 5.74) is 0.556. The molecule has 1 amide bonds. The number of carbonyl (C=O) groups excluding carboxylic acids is 1. The lowest BCUT2D eigenvalue weighted by Gasteiger charge is -2.24. The van der Waals surface area contributed by atoms with Crippen LogP contribution in [0.4, 0.5) is 10.5 Å². The van der Waals surface area contributed by atoms with Gasteiger partial charge < -0.3 is 20.1 Å². The molecule has 0 spiro atoms. The first-order valence-electron chi connectivity index (χ1n) is 8.35. The van der Waals surface area contributed by atoms with Crippen molar-refractivity contribution in [2.45, 2.75) is 51.7 Å². The Bertz CT molecular complexity index is 572. The van der Waals surface area contributed by atoms with E-state index < -0.39 is 5.60 Å². The van der Waals surface area contributed by atoms with Crippen molar-refractivity contribution in [3.8, 4) is 5.75 Å². The molecule has 2 unspecified atom stereocenters. The molecule has 0 radical (unpaired) electrons. The van der Waals surface area contributed by atoms with Crippen molar-refractivity contribution in [1.82, 2.24) is 5.32 Å². The summed E-state index contributed by atoms with van der Waals surface area (Å²) in [6, 6.07) is 6.29. The highest BCUT2D eigenvalue weighted by atomic mass is 79.9. The number of amides is 1. The van der Waals surface area contributed by atoms with E-state index in [1.807, 2.05) is 39.0 Å². The van der Waals surface area contributed by atoms with Crippen LogP contribution < -0.4 is 15.4 Å². The van der Waals surface area contributed by atoms with Crippen molar-refractivity contribution >= 4 is 27.7 Å². The Labute approximate surface area is 152 Å². The van der Waals surface area contributed by atoms with Crippen LogP contribution in [0.1, 0.15) is 40.0 Å². The van der Waals surface area contributed by atoms with Crippen molar-refractivity contribution in [3.05, 3.63) is 22.7 Å². The summed E-state index contributed by atoms with van der Waals surface area (Å²) in [7, 11) is 1.66. The Morgan fingerprint density at radius 3 is 2.71 bits per heavy atom. The molecule has 2 atom stereocenters. The van der Waals surface area contributed by atoms with E-state index in [4.69, 9.17) is 9.47 Å². The molecule has 6 heteroatoms. The molecule has 2 N–H and O–H groups in total. The lowest BCUT2D eigenvalue weighted by Crippen LogP contribution is -2.38. The molecule has 1 saturated carbocycles. The second-order valence-electron chi connectivity index (χ2n) is 7.20. The molecule has 0 bridgehead atoms. The fourth-order valence-electron chi connectivity index (χ4n) is 2.98. The normalized spacial score (nSPS) is 20.5. The van der Waals surface area contributed by atoms with Crippen molar-refractivity contribution in [2.24, 2.45) is 5.92 Å². The third-order valence-corrected chi connectivity index (χ3v) is 4.48. The summed E-state index contributed by atoms with van der Waals surface area (Å²) in [4.78, 5) is 11.8. The van der Waals surface area contributed by atoms with Crippen LogP contribution in [0.3, 0.4) is 0 Å². The van der Waals surface area contributed by atoms with Crippen LogP contribution in [0.25, 0.3) is 0 Å². The number of methoxy groups -OCH3 is 1. The number of alkyl carbamates (subject to hydrolysis) is 1. The van der Waals surface area contributed by atoms with Gasteiger partial charge in [-0.15, -0.1) is 0 Å². The van der Waals surface area contributed by atoms with E-state index in [0.717, 1.165) is 35.2 Å². The fourth-order valence-corrected chi connectivity index (χ4v) is 3.45. The van der Waals surface area contributed by atoms with Gasteiger partial charge >= 0.3 is 6.09 Å². The number of halogens is 1. The van der Waals surface area contributed by atoms with Crippen molar-refractivity contribution in [3.63, 3.8) is 0 Å². The quantitative estimate of drug-likeness (QED) is 0.762. The van der Waals surface area contributed by atoms with Crippen LogP contribution >= 0.6 is 15.9 Å². The molecule has 0 aromatic heterocycles. The number of hydrogen-bond acceptors (Lipinski definition) is 4. The zero-order valence-corrected chi connectivity index (χ0v) is 16.4. The zero-order valence-electron chi connectivity index (χ0n) is 14.8. The Morgan fingerprint density at radius 2 is 2.04 bits per heavy atom. The Balaban J connectivity index is 1.91. The van der Waals surface area contributed by atoms with E-state index in [-0.39, 0.29) is 6.09 Å². The van der Waals surface area contributed by atoms with Gasteiger partial charge in [-0.05, 0) is 51.7 Å². The fraction of sp³-hybridized carbons (Fsp3) is 0.611. The highest BCUT2D eigenvalue weighted by Gasteiger charge is 2.28. The molecule has 24 heavy (non-hydrogen) atoms. The number of benzene rings is 1. The van der Waals surface area contributed by atoms with Crippen LogP contribution in [0, 0.1) is 5.92 Å². The standard InChI is InChI=1S/C18H27BrN2O3/c1-18(2,3)24-17(22)20-11-12-6-5-7-16(12)21-14-8-13(19)9-15(10-14)23-4/h8-10,12,16,21H,5-7,11H2,1-4H3,(H,20,22). The minimum Gasteiger partial charge on any atom is -0.497 e. The molecule has 1 aliphatic rings. The molecule has 1 fully saturated rings. The lowest BCUT2D eigenvalue weighted by molar-refractivity contribution is 0.0519. The number of hydrogen-bond donors (Lipinski definition) is 2. The maximum absolute atomic E-state index is 11.8. The van der Waals surface area contributed by atoms with Gasteiger partial charge in [0.15, 0.2) is 0 Å². The summed E-state index contributed by atoms with van der Waals surface area (Å²) in [6.45, 7) is 6.23. The second-order valence-corrected chi connectivity index (χ2v) is 8.12. The summed E-state index contributed by atoms with van der Waals surface area (Å²) in [5.74, 6) is 1.20. The monoisotopic (exact) mass is 398 g/mol. The zero-order chi connectivity index (χ0) is 17.7. The smallest absolute Gasteiger partial charge is 0.407 e. The Hall–Kier alpha value is -1.43. The number of carbonyl (C=O) groups is 1. The van der Waals surface area contributed by atoms with Crippen molar-refractivity contribution in [2.75, 3.05) is 19.0 Å². The molecule has 134 valence electrons. The van der Waals surface area contributed by atoms with Crippen LogP contribution in [-0.4, -0.2) is 31.4 Å². The summed E-state index contributed by atoms with van der Waals surface area (Å²) in [6.07, 6.45) is 3.00. The van der Waals surface area contributed by atoms with E-state index in [1.54, 1.807) is 7.11 Å². The molecule has 1 aromatic carbocycles. The van der Waals surface area contributed by atoms with Gasteiger partial charge in [0.25, 0.3) is 0 Å². The molecule has 1 aromatic rings. The minimum absolute atomic E-state index is 0.332. The van der Waals surface area contributed by atoms with E-state index in [9.17, 15) is 4.79 Å². The lowest BCUT2D eigenvalue weighted by atomic mass is 10.0. The van der Waals surface area contributed by atoms with E-state index in [2.05, 4.69) is 26.6 Å². The maximum atomic E-state index is 11.8. The van der Waals surface area contributed by atoms with Crippen LogP contribution in [0.5, 0.6) is 5.75 Å². The first kappa shape index (κ1) is 18.9. The van der Waals surface area contributed by atoms with Gasteiger partial charge in [0, 0.05) is 28.8 Å². The van der Waals surface area contributed by atoms with Gasteiger partial charge in [0.05, 0.1) is 7.11 Å². The molecule has 0 heterocycles. The van der Waals surface area contributed by atoms with Gasteiger partial charge in [-0.25, -0.2) is 4.79 Å². The molecular formula is C18H27BrN2O3. The van der Waals surface area contributed by atoms with Gasteiger partial charge in [-0.3, -0.25) is 0 Å². The molecule has 1 aliphatic carbocycles. The molecule has 2 rings (SSSR count). The van der Waals surface area contributed by atoms with Crippen LogP contribution in [0.15, 0.2) is 22.7 Å².